The van der Waals surface area contributed by atoms with Crippen LogP contribution in [0.15, 0.2) is 53.6 Å². The number of ether oxygens (including phenoxy) is 3. The lowest BCUT2D eigenvalue weighted by molar-refractivity contribution is -0.123. The van der Waals surface area contributed by atoms with Crippen LogP contribution in [-0.4, -0.2) is 45.9 Å². The fourth-order valence-electron chi connectivity index (χ4n) is 2.35. The summed E-state index contributed by atoms with van der Waals surface area (Å²) in [5.41, 5.74) is 3.82. The minimum Gasteiger partial charge on any atom is -0.496 e. The predicted octanol–water partition coefficient (Wildman–Crippen LogP) is 1.99. The highest BCUT2D eigenvalue weighted by atomic mass is 16.5. The SMILES string of the molecule is COc1ccccc1C=CC(=O)NCC(=O)NN=Cc1ccc(OC)c(OC)c1. The fourth-order valence-corrected chi connectivity index (χ4v) is 2.35. The van der Waals surface area contributed by atoms with Gasteiger partial charge in [-0.3, -0.25) is 9.59 Å². The van der Waals surface area contributed by atoms with Crippen LogP contribution in [0.2, 0.25) is 0 Å². The van der Waals surface area contributed by atoms with Gasteiger partial charge < -0.3 is 19.5 Å². The molecule has 0 heterocycles. The molecule has 152 valence electrons. The first-order valence-corrected chi connectivity index (χ1v) is 8.70. The van der Waals surface area contributed by atoms with E-state index in [2.05, 4.69) is 15.8 Å². The van der Waals surface area contributed by atoms with Crippen molar-refractivity contribution in [2.75, 3.05) is 27.9 Å². The number of methoxy groups -OCH3 is 3. The first-order valence-electron chi connectivity index (χ1n) is 8.70. The van der Waals surface area contributed by atoms with E-state index < -0.39 is 11.8 Å². The number of hydrogen-bond donors (Lipinski definition) is 2. The summed E-state index contributed by atoms with van der Waals surface area (Å²) in [6.45, 7) is -0.210. The Morgan fingerprint density at radius 2 is 1.69 bits per heavy atom. The number of rotatable bonds is 9. The zero-order chi connectivity index (χ0) is 21.1. The minimum atomic E-state index is -0.458. The van der Waals surface area contributed by atoms with Crippen molar-refractivity contribution in [2.24, 2.45) is 5.10 Å². The van der Waals surface area contributed by atoms with Crippen molar-refractivity contribution in [1.29, 1.82) is 0 Å². The fraction of sp³-hybridized carbons (Fsp3) is 0.190. The summed E-state index contributed by atoms with van der Waals surface area (Å²) in [4.78, 5) is 23.7. The summed E-state index contributed by atoms with van der Waals surface area (Å²) in [7, 11) is 4.64. The molecule has 0 aliphatic heterocycles. The molecule has 0 radical (unpaired) electrons. The second kappa shape index (κ2) is 11.1. The van der Waals surface area contributed by atoms with Gasteiger partial charge in [-0.25, -0.2) is 5.43 Å². The second-order valence-electron chi connectivity index (χ2n) is 5.70. The molecule has 2 aromatic carbocycles. The van der Waals surface area contributed by atoms with Crippen LogP contribution in [0, 0.1) is 0 Å². The van der Waals surface area contributed by atoms with Crippen molar-refractivity contribution < 1.29 is 23.8 Å². The summed E-state index contributed by atoms with van der Waals surface area (Å²) in [5, 5.41) is 6.34. The van der Waals surface area contributed by atoms with E-state index in [-0.39, 0.29) is 6.54 Å². The van der Waals surface area contributed by atoms with Gasteiger partial charge in [0.25, 0.3) is 5.91 Å². The Bertz CT molecular complexity index is 909. The lowest BCUT2D eigenvalue weighted by Gasteiger charge is -2.07. The molecule has 0 aliphatic rings. The molecule has 8 nitrogen and oxygen atoms in total. The first kappa shape index (κ1) is 21.5. The molecule has 8 heteroatoms. The molecule has 29 heavy (non-hydrogen) atoms. The third kappa shape index (κ3) is 6.69. The van der Waals surface area contributed by atoms with E-state index in [4.69, 9.17) is 14.2 Å². The van der Waals surface area contributed by atoms with Crippen LogP contribution >= 0.6 is 0 Å². The van der Waals surface area contributed by atoms with Crippen molar-refractivity contribution in [3.05, 3.63) is 59.7 Å². The van der Waals surface area contributed by atoms with E-state index in [1.165, 1.54) is 19.4 Å². The number of para-hydroxylation sites is 1. The van der Waals surface area contributed by atoms with Crippen molar-refractivity contribution in [3.8, 4) is 17.2 Å². The maximum absolute atomic E-state index is 11.9. The van der Waals surface area contributed by atoms with Crippen molar-refractivity contribution >= 4 is 24.1 Å². The monoisotopic (exact) mass is 397 g/mol. The summed E-state index contributed by atoms with van der Waals surface area (Å²) in [5.74, 6) is 0.934. The maximum Gasteiger partial charge on any atom is 0.259 e. The van der Waals surface area contributed by atoms with Crippen LogP contribution in [-0.2, 0) is 9.59 Å². The number of nitrogens with one attached hydrogen (secondary N) is 2. The Morgan fingerprint density at radius 1 is 0.966 bits per heavy atom. The smallest absolute Gasteiger partial charge is 0.259 e. The molecule has 0 fully saturated rings. The highest BCUT2D eigenvalue weighted by molar-refractivity contribution is 5.94. The highest BCUT2D eigenvalue weighted by Crippen LogP contribution is 2.26. The van der Waals surface area contributed by atoms with Gasteiger partial charge >= 0.3 is 0 Å². The maximum atomic E-state index is 11.9. The number of benzene rings is 2. The van der Waals surface area contributed by atoms with Crippen LogP contribution in [0.1, 0.15) is 11.1 Å². The van der Waals surface area contributed by atoms with Crippen LogP contribution in [0.25, 0.3) is 6.08 Å². The molecule has 0 atom stereocenters. The highest BCUT2D eigenvalue weighted by Gasteiger charge is 2.05. The van der Waals surface area contributed by atoms with Crippen LogP contribution in [0.4, 0.5) is 0 Å². The van der Waals surface area contributed by atoms with Gasteiger partial charge in [0.05, 0.1) is 34.1 Å². The Kier molecular flexibility index (Phi) is 8.25. The van der Waals surface area contributed by atoms with Crippen molar-refractivity contribution in [1.82, 2.24) is 10.7 Å². The largest absolute Gasteiger partial charge is 0.496 e. The topological polar surface area (TPSA) is 98.2 Å². The normalized spacial score (nSPS) is 10.7. The Balaban J connectivity index is 1.81. The lowest BCUT2D eigenvalue weighted by atomic mass is 10.2. The van der Waals surface area contributed by atoms with Crippen molar-refractivity contribution in [3.63, 3.8) is 0 Å². The minimum absolute atomic E-state index is 0.210. The molecule has 2 N–H and O–H groups in total. The lowest BCUT2D eigenvalue weighted by Crippen LogP contribution is -2.34. The third-order valence-corrected chi connectivity index (χ3v) is 3.79. The Hall–Kier alpha value is -3.81. The summed E-state index contributed by atoms with van der Waals surface area (Å²) >= 11 is 0. The van der Waals surface area contributed by atoms with Gasteiger partial charge in [0, 0.05) is 11.6 Å². The molecule has 0 spiro atoms. The first-order chi connectivity index (χ1) is 14.1. The molecule has 0 bridgehead atoms. The molecule has 0 saturated heterocycles. The molecule has 2 amide bonds. The molecule has 2 aromatic rings. The zero-order valence-corrected chi connectivity index (χ0v) is 16.5. The van der Waals surface area contributed by atoms with Crippen LogP contribution < -0.4 is 25.0 Å². The van der Waals surface area contributed by atoms with Gasteiger partial charge in [0.2, 0.25) is 5.91 Å². The summed E-state index contributed by atoms with van der Waals surface area (Å²) < 4.78 is 15.6. The van der Waals surface area contributed by atoms with Crippen LogP contribution in [0.3, 0.4) is 0 Å². The van der Waals surface area contributed by atoms with Gasteiger partial charge in [-0.15, -0.1) is 0 Å². The van der Waals surface area contributed by atoms with Gasteiger partial charge in [0.15, 0.2) is 11.5 Å². The van der Waals surface area contributed by atoms with Gasteiger partial charge in [-0.05, 0) is 35.9 Å². The molecule has 0 aromatic heterocycles. The number of hydrogen-bond acceptors (Lipinski definition) is 6. The van der Waals surface area contributed by atoms with Crippen molar-refractivity contribution in [2.45, 2.75) is 0 Å². The Morgan fingerprint density at radius 3 is 2.41 bits per heavy atom. The number of nitrogens with zero attached hydrogens (tertiary/aromatic N) is 1. The van der Waals surface area contributed by atoms with E-state index in [0.717, 1.165) is 5.56 Å². The standard InChI is InChI=1S/C21H23N3O5/c1-27-17-7-5-4-6-16(17)9-11-20(25)22-14-21(26)24-23-13-15-8-10-18(28-2)19(12-15)29-3/h4-13H,14H2,1-3H3,(H,22,25)(H,24,26). The average molecular weight is 397 g/mol. The van der Waals surface area contributed by atoms with Crippen LogP contribution in [0.5, 0.6) is 17.2 Å². The van der Waals surface area contributed by atoms with E-state index in [1.54, 1.807) is 44.6 Å². The number of amides is 2. The molecule has 0 unspecified atom stereocenters. The van der Waals surface area contributed by atoms with E-state index >= 15 is 0 Å². The van der Waals surface area contributed by atoms with Gasteiger partial charge in [-0.2, -0.15) is 5.10 Å². The van der Waals surface area contributed by atoms with E-state index in [9.17, 15) is 9.59 Å². The van der Waals surface area contributed by atoms with Gasteiger partial charge in [0.1, 0.15) is 5.75 Å². The molecule has 0 saturated carbocycles. The Labute approximate surface area is 169 Å². The average Bonchev–Trinajstić information content (AvgIpc) is 2.76. The third-order valence-electron chi connectivity index (χ3n) is 3.79. The zero-order valence-electron chi connectivity index (χ0n) is 16.5. The number of carbonyl (C=O) groups is 2. The number of hydrazone groups is 1. The molecule has 2 rings (SSSR count). The molecule has 0 aliphatic carbocycles. The van der Waals surface area contributed by atoms with E-state index in [0.29, 0.717) is 22.8 Å². The summed E-state index contributed by atoms with van der Waals surface area (Å²) in [6.07, 6.45) is 4.41. The van der Waals surface area contributed by atoms with Gasteiger partial charge in [-0.1, -0.05) is 18.2 Å². The molecular weight excluding hydrogens is 374 g/mol. The number of carbonyl (C=O) groups excluding carboxylic acids is 2. The summed E-state index contributed by atoms with van der Waals surface area (Å²) in [6, 6.07) is 12.5. The quantitative estimate of drug-likeness (QED) is 0.383. The second-order valence-corrected chi connectivity index (χ2v) is 5.70. The molecular formula is C21H23N3O5. The predicted molar refractivity (Wildman–Crippen MR) is 110 cm³/mol. The van der Waals surface area contributed by atoms with E-state index in [1.807, 2.05) is 18.2 Å².